The van der Waals surface area contributed by atoms with E-state index in [0.29, 0.717) is 37.6 Å². The molecule has 0 radical (unpaired) electrons. The fourth-order valence-electron chi connectivity index (χ4n) is 3.41. The van der Waals surface area contributed by atoms with Crippen molar-refractivity contribution in [3.05, 3.63) is 88.3 Å². The Morgan fingerprint density at radius 2 is 1.74 bits per heavy atom. The highest BCUT2D eigenvalue weighted by atomic mass is 32.2. The maximum absolute atomic E-state index is 13.0. The zero-order valence-electron chi connectivity index (χ0n) is 18.7. The van der Waals surface area contributed by atoms with Crippen molar-refractivity contribution in [2.75, 3.05) is 19.1 Å². The number of benzene rings is 3. The number of thiocarbonyl (C=S) groups is 1. The number of rotatable bonds is 6. The molecule has 1 amide bonds. The predicted octanol–water partition coefficient (Wildman–Crippen LogP) is 5.64. The Balaban J connectivity index is 1.53. The molecule has 172 valence electrons. The van der Waals surface area contributed by atoms with Crippen LogP contribution in [0.3, 0.4) is 0 Å². The van der Waals surface area contributed by atoms with Crippen molar-refractivity contribution in [1.29, 1.82) is 0 Å². The maximum atomic E-state index is 13.0. The van der Waals surface area contributed by atoms with Gasteiger partial charge in [0, 0.05) is 0 Å². The van der Waals surface area contributed by atoms with Crippen molar-refractivity contribution in [3.63, 3.8) is 0 Å². The number of anilines is 1. The number of thioether (sulfide) groups is 1. The molecule has 0 saturated carbocycles. The van der Waals surface area contributed by atoms with Crippen molar-refractivity contribution in [2.45, 2.75) is 6.92 Å². The third kappa shape index (κ3) is 4.98. The third-order valence-electron chi connectivity index (χ3n) is 5.04. The van der Waals surface area contributed by atoms with E-state index in [-0.39, 0.29) is 5.91 Å². The van der Waals surface area contributed by atoms with Crippen molar-refractivity contribution in [1.82, 2.24) is 0 Å². The highest BCUT2D eigenvalue weighted by Gasteiger charge is 2.33. The molecule has 3 aromatic rings. The molecule has 0 spiro atoms. The van der Waals surface area contributed by atoms with Gasteiger partial charge < -0.3 is 14.2 Å². The summed E-state index contributed by atoms with van der Waals surface area (Å²) < 4.78 is 16.5. The third-order valence-corrected chi connectivity index (χ3v) is 6.34. The van der Waals surface area contributed by atoms with Crippen molar-refractivity contribution < 1.29 is 23.8 Å². The molecule has 1 aliphatic heterocycles. The van der Waals surface area contributed by atoms with Gasteiger partial charge in [-0.3, -0.25) is 9.69 Å². The van der Waals surface area contributed by atoms with Crippen molar-refractivity contribution >= 4 is 51.9 Å². The molecule has 0 N–H and O–H groups in total. The molecule has 1 heterocycles. The van der Waals surface area contributed by atoms with Crippen molar-refractivity contribution in [3.8, 4) is 17.2 Å². The van der Waals surface area contributed by atoms with Crippen LogP contribution in [0.1, 0.15) is 21.5 Å². The number of carbonyl (C=O) groups is 2. The number of carbonyl (C=O) groups excluding carboxylic acids is 2. The Kier molecular flexibility index (Phi) is 7.00. The van der Waals surface area contributed by atoms with Gasteiger partial charge in [-0.1, -0.05) is 48.2 Å². The van der Waals surface area contributed by atoms with Gasteiger partial charge >= 0.3 is 5.97 Å². The first-order valence-corrected chi connectivity index (χ1v) is 11.5. The molecule has 1 fully saturated rings. The molecule has 0 aromatic heterocycles. The fourth-order valence-corrected chi connectivity index (χ4v) is 4.70. The monoisotopic (exact) mass is 491 g/mol. The lowest BCUT2D eigenvalue weighted by molar-refractivity contribution is -0.113. The number of hydrogen-bond acceptors (Lipinski definition) is 7. The molecular weight excluding hydrogens is 470 g/mol. The first-order chi connectivity index (χ1) is 16.4. The van der Waals surface area contributed by atoms with Gasteiger partial charge in [0.05, 0.1) is 30.4 Å². The van der Waals surface area contributed by atoms with Crippen LogP contribution in [-0.2, 0) is 4.79 Å². The number of aryl methyl sites for hydroxylation is 1. The molecule has 1 aliphatic rings. The van der Waals surface area contributed by atoms with Gasteiger partial charge in [-0.05, 0) is 66.6 Å². The van der Waals surface area contributed by atoms with Gasteiger partial charge in [0.2, 0.25) is 0 Å². The standard InChI is InChI=1S/C26H21NO5S2/c1-16-6-4-8-19(12-16)27-24(28)23(34-26(27)33)14-17-7-5-9-20(13-17)32-25(29)18-10-11-21(30-2)22(15-18)31-3/h4-15H,1-3H3/b23-14-. The van der Waals surface area contributed by atoms with E-state index in [1.807, 2.05) is 37.3 Å². The topological polar surface area (TPSA) is 65.1 Å². The molecule has 4 rings (SSSR count). The summed E-state index contributed by atoms with van der Waals surface area (Å²) in [6.45, 7) is 1.96. The van der Waals surface area contributed by atoms with Crippen LogP contribution in [0.15, 0.2) is 71.6 Å². The molecule has 6 nitrogen and oxygen atoms in total. The second kappa shape index (κ2) is 10.1. The van der Waals surface area contributed by atoms with E-state index in [1.54, 1.807) is 42.5 Å². The fraction of sp³-hybridized carbons (Fsp3) is 0.115. The van der Waals surface area contributed by atoms with Crippen LogP contribution in [0.5, 0.6) is 17.2 Å². The Labute approximate surface area is 207 Å². The van der Waals surface area contributed by atoms with Crippen LogP contribution in [0, 0.1) is 6.92 Å². The second-order valence-electron chi connectivity index (χ2n) is 7.39. The first-order valence-electron chi connectivity index (χ1n) is 10.3. The first kappa shape index (κ1) is 23.5. The van der Waals surface area contributed by atoms with Crippen LogP contribution in [-0.4, -0.2) is 30.4 Å². The van der Waals surface area contributed by atoms with Gasteiger partial charge in [-0.15, -0.1) is 0 Å². The van der Waals surface area contributed by atoms with E-state index in [0.717, 1.165) is 11.3 Å². The van der Waals surface area contributed by atoms with Crippen molar-refractivity contribution in [2.24, 2.45) is 0 Å². The second-order valence-corrected chi connectivity index (χ2v) is 9.06. The highest BCUT2D eigenvalue weighted by molar-refractivity contribution is 8.27. The van der Waals surface area contributed by atoms with Crippen LogP contribution >= 0.6 is 24.0 Å². The van der Waals surface area contributed by atoms with E-state index in [4.69, 9.17) is 26.4 Å². The summed E-state index contributed by atoms with van der Waals surface area (Å²) in [4.78, 5) is 27.7. The number of nitrogens with zero attached hydrogens (tertiary/aromatic N) is 1. The van der Waals surface area contributed by atoms with E-state index < -0.39 is 5.97 Å². The minimum atomic E-state index is -0.538. The average Bonchev–Trinajstić information content (AvgIpc) is 3.11. The number of hydrogen-bond donors (Lipinski definition) is 0. The van der Waals surface area contributed by atoms with Crippen LogP contribution in [0.4, 0.5) is 5.69 Å². The Bertz CT molecular complexity index is 1320. The van der Waals surface area contributed by atoms with E-state index in [1.165, 1.54) is 30.9 Å². The number of amides is 1. The Morgan fingerprint density at radius 1 is 0.971 bits per heavy atom. The van der Waals surface area contributed by atoms with Crippen LogP contribution in [0.25, 0.3) is 6.08 Å². The zero-order chi connectivity index (χ0) is 24.2. The molecule has 0 atom stereocenters. The minimum absolute atomic E-state index is 0.187. The van der Waals surface area contributed by atoms with Crippen LogP contribution in [0.2, 0.25) is 0 Å². The van der Waals surface area contributed by atoms with E-state index in [9.17, 15) is 9.59 Å². The molecule has 0 aliphatic carbocycles. The molecule has 0 bridgehead atoms. The lowest BCUT2D eigenvalue weighted by atomic mass is 10.1. The van der Waals surface area contributed by atoms with Gasteiger partial charge in [0.25, 0.3) is 5.91 Å². The minimum Gasteiger partial charge on any atom is -0.493 e. The molecule has 1 saturated heterocycles. The largest absolute Gasteiger partial charge is 0.493 e. The maximum Gasteiger partial charge on any atom is 0.343 e. The Morgan fingerprint density at radius 3 is 2.47 bits per heavy atom. The highest BCUT2D eigenvalue weighted by Crippen LogP contribution is 2.36. The smallest absolute Gasteiger partial charge is 0.343 e. The summed E-state index contributed by atoms with van der Waals surface area (Å²) >= 11 is 6.69. The molecule has 8 heteroatoms. The Hall–Kier alpha value is -3.62. The summed E-state index contributed by atoms with van der Waals surface area (Å²) in [6.07, 6.45) is 1.74. The molecule has 0 unspecified atom stereocenters. The lowest BCUT2D eigenvalue weighted by Gasteiger charge is -2.14. The van der Waals surface area contributed by atoms with Gasteiger partial charge in [0.1, 0.15) is 5.75 Å². The predicted molar refractivity (Wildman–Crippen MR) is 138 cm³/mol. The van der Waals surface area contributed by atoms with Crippen LogP contribution < -0.4 is 19.1 Å². The molecular formula is C26H21NO5S2. The van der Waals surface area contributed by atoms with Gasteiger partial charge in [-0.25, -0.2) is 4.79 Å². The van der Waals surface area contributed by atoms with E-state index in [2.05, 4.69) is 0 Å². The SMILES string of the molecule is COc1ccc(C(=O)Oc2cccc(/C=C3\SC(=S)N(c4cccc(C)c4)C3=O)c2)cc1OC. The number of methoxy groups -OCH3 is 2. The number of esters is 1. The van der Waals surface area contributed by atoms with Gasteiger partial charge in [0.15, 0.2) is 15.8 Å². The zero-order valence-corrected chi connectivity index (χ0v) is 20.4. The summed E-state index contributed by atoms with van der Waals surface area (Å²) in [7, 11) is 3.02. The van der Waals surface area contributed by atoms with Gasteiger partial charge in [-0.2, -0.15) is 0 Å². The quantitative estimate of drug-likeness (QED) is 0.191. The summed E-state index contributed by atoms with van der Waals surface area (Å²) in [6, 6.07) is 19.4. The van der Waals surface area contributed by atoms with E-state index >= 15 is 0 Å². The summed E-state index contributed by atoms with van der Waals surface area (Å²) in [5, 5.41) is 0. The normalized spacial score (nSPS) is 14.4. The molecule has 3 aromatic carbocycles. The summed E-state index contributed by atoms with van der Waals surface area (Å²) in [5.41, 5.74) is 2.81. The molecule has 34 heavy (non-hydrogen) atoms. The average molecular weight is 492 g/mol. The number of ether oxygens (including phenoxy) is 3. The summed E-state index contributed by atoms with van der Waals surface area (Å²) in [5.74, 6) is 0.574. The lowest BCUT2D eigenvalue weighted by Crippen LogP contribution is -2.27.